The first-order valence-corrected chi connectivity index (χ1v) is 5.24. The summed E-state index contributed by atoms with van der Waals surface area (Å²) in [7, 11) is 0. The molecule has 2 aromatic rings. The van der Waals surface area contributed by atoms with Crippen LogP contribution in [0.1, 0.15) is 18.5 Å². The average Bonchev–Trinajstić information content (AvgIpc) is 2.84. The summed E-state index contributed by atoms with van der Waals surface area (Å²) in [5, 5.41) is 6.64. The van der Waals surface area contributed by atoms with Crippen LogP contribution in [0.4, 0.5) is 5.82 Å². The second-order valence-corrected chi connectivity index (χ2v) is 3.76. The molecule has 17 heavy (non-hydrogen) atoms. The Kier molecular flexibility index (Phi) is 3.13. The molecule has 1 amide bonds. The zero-order valence-electron chi connectivity index (χ0n) is 9.66. The molecule has 0 aliphatic carbocycles. The number of hydrogen-bond donors (Lipinski definition) is 1. The molecule has 6 heteroatoms. The van der Waals surface area contributed by atoms with Crippen molar-refractivity contribution in [2.45, 2.75) is 19.9 Å². The fourth-order valence-corrected chi connectivity index (χ4v) is 1.31. The molecule has 0 unspecified atom stereocenters. The molecule has 2 aromatic heterocycles. The van der Waals surface area contributed by atoms with Crippen LogP contribution in [0.15, 0.2) is 31.0 Å². The van der Waals surface area contributed by atoms with Gasteiger partial charge in [-0.15, -0.1) is 0 Å². The number of hydrogen-bond acceptors (Lipinski definition) is 4. The Morgan fingerprint density at radius 3 is 2.88 bits per heavy atom. The standard InChI is InChI=1S/C11H13N5O/c1-8-3-4-10(13-5-8)15-11(17)9(2)16-7-12-6-14-16/h3-7,9H,1-2H3,(H,13,15,17)/t9-/m0/s1. The topological polar surface area (TPSA) is 72.7 Å². The lowest BCUT2D eigenvalue weighted by molar-refractivity contribution is -0.119. The van der Waals surface area contributed by atoms with Crippen LogP contribution in [-0.4, -0.2) is 25.7 Å². The number of aromatic nitrogens is 4. The van der Waals surface area contributed by atoms with Crippen molar-refractivity contribution in [3.8, 4) is 0 Å². The Balaban J connectivity index is 2.04. The zero-order chi connectivity index (χ0) is 12.3. The molecule has 6 nitrogen and oxygen atoms in total. The molecular weight excluding hydrogens is 218 g/mol. The van der Waals surface area contributed by atoms with E-state index in [2.05, 4.69) is 20.4 Å². The molecule has 88 valence electrons. The lowest BCUT2D eigenvalue weighted by Gasteiger charge is -2.11. The number of anilines is 1. The van der Waals surface area contributed by atoms with Gasteiger partial charge in [-0.05, 0) is 25.5 Å². The summed E-state index contributed by atoms with van der Waals surface area (Å²) in [5.41, 5.74) is 1.05. The van der Waals surface area contributed by atoms with Crippen molar-refractivity contribution in [2.75, 3.05) is 5.32 Å². The van der Waals surface area contributed by atoms with Gasteiger partial charge >= 0.3 is 0 Å². The summed E-state index contributed by atoms with van der Waals surface area (Å²) >= 11 is 0. The van der Waals surface area contributed by atoms with Gasteiger partial charge in [0.2, 0.25) is 5.91 Å². The highest BCUT2D eigenvalue weighted by Crippen LogP contribution is 2.08. The van der Waals surface area contributed by atoms with Crippen LogP contribution in [0.5, 0.6) is 0 Å². The van der Waals surface area contributed by atoms with E-state index in [0.717, 1.165) is 5.56 Å². The summed E-state index contributed by atoms with van der Waals surface area (Å²) in [4.78, 5) is 19.8. The molecule has 0 saturated carbocycles. The van der Waals surface area contributed by atoms with Gasteiger partial charge < -0.3 is 5.32 Å². The van der Waals surface area contributed by atoms with E-state index in [1.54, 1.807) is 19.2 Å². The van der Waals surface area contributed by atoms with Crippen molar-refractivity contribution in [3.63, 3.8) is 0 Å². The molecule has 2 rings (SSSR count). The first-order chi connectivity index (χ1) is 8.16. The normalized spacial score (nSPS) is 12.1. The van der Waals surface area contributed by atoms with Gasteiger partial charge in [-0.1, -0.05) is 6.07 Å². The maximum Gasteiger partial charge on any atom is 0.250 e. The van der Waals surface area contributed by atoms with Crippen molar-refractivity contribution in [1.82, 2.24) is 19.7 Å². The molecule has 0 aliphatic rings. The first-order valence-electron chi connectivity index (χ1n) is 5.24. The quantitative estimate of drug-likeness (QED) is 0.860. The van der Waals surface area contributed by atoms with E-state index in [0.29, 0.717) is 5.82 Å². The zero-order valence-corrected chi connectivity index (χ0v) is 9.66. The highest BCUT2D eigenvalue weighted by molar-refractivity contribution is 5.92. The van der Waals surface area contributed by atoms with E-state index >= 15 is 0 Å². The smallest absolute Gasteiger partial charge is 0.250 e. The number of nitrogens with zero attached hydrogens (tertiary/aromatic N) is 4. The number of rotatable bonds is 3. The van der Waals surface area contributed by atoms with E-state index in [4.69, 9.17) is 0 Å². The Bertz CT molecular complexity index is 491. The molecule has 0 fully saturated rings. The van der Waals surface area contributed by atoms with Crippen LogP contribution in [0, 0.1) is 6.92 Å². The van der Waals surface area contributed by atoms with Gasteiger partial charge in [0.1, 0.15) is 24.5 Å². The van der Waals surface area contributed by atoms with Crippen molar-refractivity contribution in [2.24, 2.45) is 0 Å². The number of carbonyl (C=O) groups is 1. The molecule has 1 atom stereocenters. The number of carbonyl (C=O) groups excluding carboxylic acids is 1. The first kappa shape index (κ1) is 11.3. The van der Waals surface area contributed by atoms with Gasteiger partial charge in [0.05, 0.1) is 0 Å². The molecule has 0 saturated heterocycles. The maximum atomic E-state index is 11.9. The van der Waals surface area contributed by atoms with Crippen molar-refractivity contribution < 1.29 is 4.79 Å². The van der Waals surface area contributed by atoms with Gasteiger partial charge in [0, 0.05) is 6.20 Å². The minimum absolute atomic E-state index is 0.174. The predicted octanol–water partition coefficient (Wildman–Crippen LogP) is 1.18. The van der Waals surface area contributed by atoms with E-state index in [9.17, 15) is 4.79 Å². The molecule has 2 heterocycles. The lowest BCUT2D eigenvalue weighted by Crippen LogP contribution is -2.24. The third-order valence-electron chi connectivity index (χ3n) is 2.38. The molecule has 0 bridgehead atoms. The van der Waals surface area contributed by atoms with Crippen LogP contribution in [0.2, 0.25) is 0 Å². The number of pyridine rings is 1. The third-order valence-corrected chi connectivity index (χ3v) is 2.38. The van der Waals surface area contributed by atoms with Crippen LogP contribution < -0.4 is 5.32 Å². The van der Waals surface area contributed by atoms with E-state index in [1.165, 1.54) is 17.3 Å². The Morgan fingerprint density at radius 1 is 1.47 bits per heavy atom. The van der Waals surface area contributed by atoms with Gasteiger partial charge in [-0.2, -0.15) is 5.10 Å². The summed E-state index contributed by atoms with van der Waals surface area (Å²) in [5.74, 6) is 0.361. The monoisotopic (exact) mass is 231 g/mol. The minimum atomic E-state index is -0.416. The van der Waals surface area contributed by atoms with Crippen LogP contribution in [-0.2, 0) is 4.79 Å². The van der Waals surface area contributed by atoms with Gasteiger partial charge in [-0.25, -0.2) is 14.6 Å². The van der Waals surface area contributed by atoms with Crippen LogP contribution in [0.3, 0.4) is 0 Å². The Labute approximate surface area is 98.7 Å². The largest absolute Gasteiger partial charge is 0.309 e. The molecule has 0 aliphatic heterocycles. The molecule has 0 radical (unpaired) electrons. The second-order valence-electron chi connectivity index (χ2n) is 3.76. The Morgan fingerprint density at radius 2 is 2.29 bits per heavy atom. The number of nitrogens with one attached hydrogen (secondary N) is 1. The molecule has 0 aromatic carbocycles. The van der Waals surface area contributed by atoms with Gasteiger partial charge in [0.25, 0.3) is 0 Å². The highest BCUT2D eigenvalue weighted by atomic mass is 16.2. The fourth-order valence-electron chi connectivity index (χ4n) is 1.31. The Hall–Kier alpha value is -2.24. The minimum Gasteiger partial charge on any atom is -0.309 e. The summed E-state index contributed by atoms with van der Waals surface area (Å²) in [6, 6.07) is 3.24. The van der Waals surface area contributed by atoms with Crippen molar-refractivity contribution in [3.05, 3.63) is 36.5 Å². The summed E-state index contributed by atoms with van der Waals surface area (Å²) < 4.78 is 1.49. The van der Waals surface area contributed by atoms with Gasteiger partial charge in [0.15, 0.2) is 0 Å². The summed E-state index contributed by atoms with van der Waals surface area (Å²) in [6.07, 6.45) is 4.61. The predicted molar refractivity (Wildman–Crippen MR) is 62.3 cm³/mol. The fraction of sp³-hybridized carbons (Fsp3) is 0.273. The average molecular weight is 231 g/mol. The molecule has 0 spiro atoms. The molecular formula is C11H13N5O. The number of aryl methyl sites for hydroxylation is 1. The van der Waals surface area contributed by atoms with Gasteiger partial charge in [-0.3, -0.25) is 4.79 Å². The SMILES string of the molecule is Cc1ccc(NC(=O)[C@H](C)n2cncn2)nc1. The second kappa shape index (κ2) is 4.73. The summed E-state index contributed by atoms with van der Waals surface area (Å²) in [6.45, 7) is 3.69. The van der Waals surface area contributed by atoms with E-state index < -0.39 is 6.04 Å². The van der Waals surface area contributed by atoms with Crippen molar-refractivity contribution in [1.29, 1.82) is 0 Å². The lowest BCUT2D eigenvalue weighted by atomic mass is 10.3. The van der Waals surface area contributed by atoms with Crippen molar-refractivity contribution >= 4 is 11.7 Å². The van der Waals surface area contributed by atoms with E-state index in [1.807, 2.05) is 13.0 Å². The van der Waals surface area contributed by atoms with E-state index in [-0.39, 0.29) is 5.91 Å². The maximum absolute atomic E-state index is 11.9. The number of amides is 1. The van der Waals surface area contributed by atoms with Crippen LogP contribution >= 0.6 is 0 Å². The molecule has 1 N–H and O–H groups in total. The third kappa shape index (κ3) is 2.66. The highest BCUT2D eigenvalue weighted by Gasteiger charge is 2.15. The van der Waals surface area contributed by atoms with Crippen LogP contribution in [0.25, 0.3) is 0 Å².